The molecular formula is C15H11CuN3. The van der Waals surface area contributed by atoms with Gasteiger partial charge in [0.1, 0.15) is 0 Å². The molecule has 1 radical (unpaired) electrons. The molecular weight excluding hydrogens is 286 g/mol. The van der Waals surface area contributed by atoms with Gasteiger partial charge in [0, 0.05) is 64.7 Å². The van der Waals surface area contributed by atoms with Crippen LogP contribution in [-0.4, -0.2) is 15.0 Å². The molecule has 0 aliphatic carbocycles. The third-order valence-electron chi connectivity index (χ3n) is 2.72. The molecule has 0 bridgehead atoms. The van der Waals surface area contributed by atoms with Gasteiger partial charge in [0.05, 0.1) is 5.69 Å². The third kappa shape index (κ3) is 2.87. The van der Waals surface area contributed by atoms with E-state index in [0.29, 0.717) is 0 Å². The first-order valence-corrected chi connectivity index (χ1v) is 5.71. The maximum Gasteiger partial charge on any atom is 0.0796 e. The van der Waals surface area contributed by atoms with Crippen LogP contribution in [0.3, 0.4) is 0 Å². The minimum atomic E-state index is 0. The number of hydrogen-bond acceptors (Lipinski definition) is 3. The zero-order valence-electron chi connectivity index (χ0n) is 9.99. The number of rotatable bonds is 2. The van der Waals surface area contributed by atoms with Gasteiger partial charge in [0.15, 0.2) is 0 Å². The summed E-state index contributed by atoms with van der Waals surface area (Å²) in [6.07, 6.45) is 8.99. The summed E-state index contributed by atoms with van der Waals surface area (Å²) in [6, 6.07) is 11.9. The summed E-state index contributed by atoms with van der Waals surface area (Å²) in [5.74, 6) is 0. The molecule has 97 valence electrons. The summed E-state index contributed by atoms with van der Waals surface area (Å²) >= 11 is 0. The van der Waals surface area contributed by atoms with Crippen LogP contribution in [0.5, 0.6) is 0 Å². The minimum absolute atomic E-state index is 0. The normalized spacial score (nSPS) is 9.68. The predicted octanol–water partition coefficient (Wildman–Crippen LogP) is 3.20. The van der Waals surface area contributed by atoms with Crippen molar-refractivity contribution in [2.75, 3.05) is 0 Å². The van der Waals surface area contributed by atoms with E-state index in [0.717, 1.165) is 22.4 Å². The summed E-state index contributed by atoms with van der Waals surface area (Å²) in [4.78, 5) is 12.8. The van der Waals surface area contributed by atoms with Crippen LogP contribution >= 0.6 is 0 Å². The topological polar surface area (TPSA) is 38.7 Å². The van der Waals surface area contributed by atoms with Crippen molar-refractivity contribution in [3.63, 3.8) is 0 Å². The molecule has 0 aliphatic heterocycles. The number of hydrogen-bond donors (Lipinski definition) is 0. The molecule has 0 atom stereocenters. The van der Waals surface area contributed by atoms with Crippen LogP contribution in [0, 0.1) is 0 Å². The van der Waals surface area contributed by atoms with Crippen molar-refractivity contribution < 1.29 is 17.1 Å². The van der Waals surface area contributed by atoms with Crippen molar-refractivity contribution in [2.24, 2.45) is 0 Å². The van der Waals surface area contributed by atoms with E-state index in [1.165, 1.54) is 0 Å². The molecule has 0 aromatic carbocycles. The van der Waals surface area contributed by atoms with Crippen LogP contribution in [0.2, 0.25) is 0 Å². The van der Waals surface area contributed by atoms with E-state index in [1.807, 2.05) is 48.8 Å². The smallest absolute Gasteiger partial charge is 0.0796 e. The van der Waals surface area contributed by atoms with Crippen LogP contribution < -0.4 is 0 Å². The van der Waals surface area contributed by atoms with Crippen molar-refractivity contribution in [1.29, 1.82) is 0 Å². The maximum absolute atomic E-state index is 4.46. The van der Waals surface area contributed by atoms with Gasteiger partial charge in [0.2, 0.25) is 0 Å². The van der Waals surface area contributed by atoms with E-state index in [-0.39, 0.29) is 17.1 Å². The fourth-order valence-electron chi connectivity index (χ4n) is 1.89. The molecule has 0 unspecified atom stereocenters. The Kier molecular flexibility index (Phi) is 4.39. The van der Waals surface area contributed by atoms with Crippen LogP contribution in [0.1, 0.15) is 0 Å². The molecule has 19 heavy (non-hydrogen) atoms. The predicted molar refractivity (Wildman–Crippen MR) is 70.7 cm³/mol. The van der Waals surface area contributed by atoms with Crippen molar-refractivity contribution in [3.05, 3.63) is 67.4 Å². The zero-order valence-corrected chi connectivity index (χ0v) is 10.9. The molecule has 3 aromatic rings. The van der Waals surface area contributed by atoms with E-state index in [2.05, 4.69) is 15.0 Å². The van der Waals surface area contributed by atoms with Crippen LogP contribution in [0.15, 0.2) is 67.4 Å². The van der Waals surface area contributed by atoms with E-state index < -0.39 is 0 Å². The first-order valence-electron chi connectivity index (χ1n) is 5.71. The number of aromatic nitrogens is 3. The van der Waals surface area contributed by atoms with Crippen molar-refractivity contribution in [3.8, 4) is 22.4 Å². The Bertz CT molecular complexity index is 583. The molecule has 3 heterocycles. The van der Waals surface area contributed by atoms with E-state index in [4.69, 9.17) is 0 Å². The van der Waals surface area contributed by atoms with Gasteiger partial charge in [-0.3, -0.25) is 15.0 Å². The molecule has 0 spiro atoms. The van der Waals surface area contributed by atoms with Crippen molar-refractivity contribution in [2.45, 2.75) is 0 Å². The third-order valence-corrected chi connectivity index (χ3v) is 2.72. The van der Waals surface area contributed by atoms with Gasteiger partial charge < -0.3 is 0 Å². The molecule has 0 fully saturated rings. The molecule has 0 saturated carbocycles. The molecule has 3 nitrogen and oxygen atoms in total. The van der Waals surface area contributed by atoms with Crippen LogP contribution in [0.4, 0.5) is 0 Å². The Balaban J connectivity index is 0.00000133. The summed E-state index contributed by atoms with van der Waals surface area (Å²) in [7, 11) is 0. The second-order valence-electron chi connectivity index (χ2n) is 3.88. The van der Waals surface area contributed by atoms with Gasteiger partial charge in [-0.15, -0.1) is 0 Å². The summed E-state index contributed by atoms with van der Waals surface area (Å²) in [5, 5.41) is 0. The first kappa shape index (κ1) is 13.4. The van der Waals surface area contributed by atoms with Crippen molar-refractivity contribution >= 4 is 0 Å². The van der Waals surface area contributed by atoms with Crippen LogP contribution in [0.25, 0.3) is 22.4 Å². The molecule has 4 heteroatoms. The second kappa shape index (κ2) is 6.23. The molecule has 3 rings (SSSR count). The van der Waals surface area contributed by atoms with Gasteiger partial charge in [0.25, 0.3) is 0 Å². The maximum atomic E-state index is 4.46. The minimum Gasteiger partial charge on any atom is -0.264 e. The quantitative estimate of drug-likeness (QED) is 0.682. The molecule has 0 saturated heterocycles. The monoisotopic (exact) mass is 296 g/mol. The van der Waals surface area contributed by atoms with Gasteiger partial charge in [-0.25, -0.2) is 0 Å². The Morgan fingerprint density at radius 2 is 1.32 bits per heavy atom. The molecule has 3 aromatic heterocycles. The van der Waals surface area contributed by atoms with E-state index in [1.54, 1.807) is 18.6 Å². The number of pyridine rings is 3. The Hall–Kier alpha value is -2.03. The van der Waals surface area contributed by atoms with Crippen molar-refractivity contribution in [1.82, 2.24) is 15.0 Å². The summed E-state index contributed by atoms with van der Waals surface area (Å²) in [5.41, 5.74) is 4.07. The Morgan fingerprint density at radius 1 is 0.684 bits per heavy atom. The van der Waals surface area contributed by atoms with E-state index in [9.17, 15) is 0 Å². The number of nitrogens with zero attached hydrogens (tertiary/aromatic N) is 3. The molecule has 0 N–H and O–H groups in total. The average Bonchev–Trinajstić information content (AvgIpc) is 2.49. The Morgan fingerprint density at radius 3 is 1.95 bits per heavy atom. The molecule has 0 aliphatic rings. The Labute approximate surface area is 122 Å². The SMILES string of the molecule is [Cu].c1cncc(-c2cccnc2-c2cccnc2)c1. The molecule has 0 amide bonds. The largest absolute Gasteiger partial charge is 0.264 e. The summed E-state index contributed by atoms with van der Waals surface area (Å²) < 4.78 is 0. The van der Waals surface area contributed by atoms with Gasteiger partial charge in [-0.1, -0.05) is 12.1 Å². The fraction of sp³-hybridized carbons (Fsp3) is 0. The average molecular weight is 297 g/mol. The zero-order chi connectivity index (χ0) is 12.2. The summed E-state index contributed by atoms with van der Waals surface area (Å²) in [6.45, 7) is 0. The van der Waals surface area contributed by atoms with Gasteiger partial charge >= 0.3 is 0 Å². The van der Waals surface area contributed by atoms with Gasteiger partial charge in [-0.2, -0.15) is 0 Å². The van der Waals surface area contributed by atoms with Crippen LogP contribution in [-0.2, 0) is 17.1 Å². The van der Waals surface area contributed by atoms with E-state index >= 15 is 0 Å². The fourth-order valence-corrected chi connectivity index (χ4v) is 1.89. The van der Waals surface area contributed by atoms with Gasteiger partial charge in [-0.05, 0) is 24.3 Å². The first-order chi connectivity index (χ1) is 8.95. The second-order valence-corrected chi connectivity index (χ2v) is 3.88. The standard InChI is InChI=1S/C15H11N3.Cu/c1-4-12(10-16-7-1)14-6-3-9-18-15(14)13-5-2-8-17-11-13;/h1-11H;.